The fraction of sp³-hybridized carbons (Fsp3) is 0.348. The summed E-state index contributed by atoms with van der Waals surface area (Å²) in [5, 5.41) is 8.19. The van der Waals surface area contributed by atoms with Crippen LogP contribution in [0.3, 0.4) is 0 Å². The first-order valence-electron chi connectivity index (χ1n) is 21.8. The van der Waals surface area contributed by atoms with Crippen molar-refractivity contribution < 1.29 is 59.6 Å². The highest BCUT2D eigenvalue weighted by atomic mass is 35.5. The molecule has 0 aliphatic carbocycles. The Hall–Kier alpha value is -5.97. The Morgan fingerprint density at radius 3 is 1.62 bits per heavy atom. The van der Waals surface area contributed by atoms with Gasteiger partial charge >= 0.3 is 24.3 Å². The van der Waals surface area contributed by atoms with Gasteiger partial charge in [0.1, 0.15) is 16.7 Å². The van der Waals surface area contributed by atoms with E-state index in [1.165, 1.54) is 43.8 Å². The summed E-state index contributed by atoms with van der Waals surface area (Å²) in [6.45, 7) is 8.08. The monoisotopic (exact) mass is 1130 g/mol. The number of nitrogens with two attached hydrogens (primary N) is 1. The van der Waals surface area contributed by atoms with Crippen LogP contribution in [0, 0.1) is 6.92 Å². The maximum absolute atomic E-state index is 13.8. The molecule has 6 heterocycles. The van der Waals surface area contributed by atoms with Gasteiger partial charge < -0.3 is 55.2 Å². The van der Waals surface area contributed by atoms with Crippen LogP contribution in [0.15, 0.2) is 69.6 Å². The first kappa shape index (κ1) is 57.3. The van der Waals surface area contributed by atoms with E-state index < -0.39 is 35.4 Å². The molecule has 74 heavy (non-hydrogen) atoms. The quantitative estimate of drug-likeness (QED) is 0.0279. The van der Waals surface area contributed by atoms with Crippen LogP contribution in [-0.4, -0.2) is 118 Å². The normalized spacial score (nSPS) is 13.7. The predicted molar refractivity (Wildman–Crippen MR) is 278 cm³/mol. The number of nitrogen functional groups attached to an aromatic ring is 1. The number of hydrogen-bond donors (Lipinski definition) is 4. The topological polar surface area (TPSA) is 200 Å². The largest absolute Gasteiger partial charge is 0.495 e. The SMILES string of the molecule is COC(=O)c1sc(SC)nc1Nc1cc(Cl)ncc1C(F)(F)F.COC(=O)c1sc(SC)nc1Nc1cc(Nc2cc(N3CCOCC3)ccc2C)ncc1C(F)(F)F.COc1ccc(N2CCOCC2)cc1N. The number of alkyl halides is 6. The zero-order chi connectivity index (χ0) is 53.7. The minimum absolute atomic E-state index is 0.00987. The summed E-state index contributed by atoms with van der Waals surface area (Å²) in [4.78, 5) is 44.3. The molecule has 0 atom stereocenters. The predicted octanol–water partition coefficient (Wildman–Crippen LogP) is 11.3. The van der Waals surface area contributed by atoms with E-state index >= 15 is 0 Å². The molecule has 5 N–H and O–H groups in total. The standard InChI is InChI=1S/C23H24F3N5O3S2.C12H9ClF3N3O2S2.C11H16N2O2/c1-13-4-5-14(31-6-8-34-9-7-31)10-16(13)28-18-11-17(15(12-27-18)23(24,25)26)29-20-19(21(32)33-2)36-22(30-20)35-3;1-21-10(20)8-9(19-11(22-2)23-8)18-6-3-7(13)17-4-5(6)12(14,15)16;1-14-11-3-2-9(8-10(11)12)13-4-6-15-7-5-13/h4-5,10-12H,6-9H2,1-3H3,(H2,27,28,29);3-4H,1-2H3,(H,17,18);2-3,8H,4-7,12H2,1H3. The maximum atomic E-state index is 13.8. The van der Waals surface area contributed by atoms with Gasteiger partial charge in [0.2, 0.25) is 0 Å². The highest BCUT2D eigenvalue weighted by molar-refractivity contribution is 8.00. The molecule has 0 unspecified atom stereocenters. The molecule has 2 fully saturated rings. The van der Waals surface area contributed by atoms with Crippen LogP contribution < -0.4 is 36.2 Å². The van der Waals surface area contributed by atoms with Gasteiger partial charge in [-0.25, -0.2) is 29.5 Å². The van der Waals surface area contributed by atoms with Crippen molar-refractivity contribution in [1.29, 1.82) is 0 Å². The molecule has 398 valence electrons. The molecule has 2 saturated heterocycles. The Labute approximate surface area is 442 Å². The molecule has 0 amide bonds. The number of hydrogen-bond acceptors (Lipinski definition) is 21. The minimum Gasteiger partial charge on any atom is -0.495 e. The molecule has 2 aromatic carbocycles. The summed E-state index contributed by atoms with van der Waals surface area (Å²) in [5.74, 6) is -0.492. The van der Waals surface area contributed by atoms with Crippen LogP contribution in [0.2, 0.25) is 5.15 Å². The Kier molecular flexibility index (Phi) is 20.1. The number of anilines is 9. The van der Waals surface area contributed by atoms with Crippen molar-refractivity contribution in [3.8, 4) is 5.75 Å². The lowest BCUT2D eigenvalue weighted by molar-refractivity contribution is -0.138. The van der Waals surface area contributed by atoms with E-state index in [1.54, 1.807) is 19.6 Å². The lowest BCUT2D eigenvalue weighted by Crippen LogP contribution is -2.36. The smallest absolute Gasteiger partial charge is 0.419 e. The Morgan fingerprint density at radius 2 is 1.16 bits per heavy atom. The lowest BCUT2D eigenvalue weighted by Gasteiger charge is -2.29. The number of aromatic nitrogens is 4. The van der Waals surface area contributed by atoms with Gasteiger partial charge in [-0.15, -0.1) is 0 Å². The summed E-state index contributed by atoms with van der Waals surface area (Å²) < 4.78 is 107. The van der Waals surface area contributed by atoms with Crippen LogP contribution in [0.25, 0.3) is 0 Å². The maximum Gasteiger partial charge on any atom is 0.419 e. The van der Waals surface area contributed by atoms with Gasteiger partial charge in [-0.3, -0.25) is 0 Å². The second-order valence-corrected chi connectivity index (χ2v) is 19.9. The van der Waals surface area contributed by atoms with Crippen molar-refractivity contribution in [2.45, 2.75) is 28.0 Å². The van der Waals surface area contributed by atoms with E-state index in [9.17, 15) is 35.9 Å². The summed E-state index contributed by atoms with van der Waals surface area (Å²) in [6.07, 6.45) is -4.45. The number of halogens is 7. The van der Waals surface area contributed by atoms with Crippen LogP contribution in [0.1, 0.15) is 36.0 Å². The average Bonchev–Trinajstić information content (AvgIpc) is 4.00. The molecule has 17 nitrogen and oxygen atoms in total. The number of pyridine rings is 2. The molecule has 2 aliphatic heterocycles. The van der Waals surface area contributed by atoms with Crippen molar-refractivity contribution in [3.05, 3.63) is 92.5 Å². The van der Waals surface area contributed by atoms with E-state index in [0.717, 1.165) is 97.0 Å². The zero-order valence-corrected chi connectivity index (χ0v) is 44.3. The van der Waals surface area contributed by atoms with E-state index in [2.05, 4.69) is 50.4 Å². The fourth-order valence-corrected chi connectivity index (χ4v) is 9.95. The molecule has 8 rings (SSSR count). The Bertz CT molecular complexity index is 2890. The molecular formula is C46H49ClF6N10O7S4. The molecule has 28 heteroatoms. The molecule has 0 saturated carbocycles. The van der Waals surface area contributed by atoms with Gasteiger partial charge in [0.25, 0.3) is 0 Å². The van der Waals surface area contributed by atoms with Gasteiger partial charge in [-0.2, -0.15) is 26.3 Å². The first-order chi connectivity index (χ1) is 35.3. The van der Waals surface area contributed by atoms with Crippen LogP contribution >= 0.6 is 57.8 Å². The van der Waals surface area contributed by atoms with Crippen molar-refractivity contribution in [2.75, 3.05) is 118 Å². The Morgan fingerprint density at radius 1 is 0.689 bits per heavy atom. The molecule has 4 aromatic heterocycles. The van der Waals surface area contributed by atoms with Gasteiger partial charge in [-0.05, 0) is 61.4 Å². The molecule has 6 aromatic rings. The molecule has 0 radical (unpaired) electrons. The summed E-state index contributed by atoms with van der Waals surface area (Å²) in [7, 11) is 4.00. The number of benzene rings is 2. The van der Waals surface area contributed by atoms with Gasteiger partial charge in [0.15, 0.2) is 30.1 Å². The number of nitrogens with one attached hydrogen (secondary N) is 3. The van der Waals surface area contributed by atoms with Crippen molar-refractivity contribution in [3.63, 3.8) is 0 Å². The number of aryl methyl sites for hydroxylation is 1. The zero-order valence-electron chi connectivity index (χ0n) is 40.3. The van der Waals surface area contributed by atoms with Gasteiger partial charge in [0, 0.05) is 61.7 Å². The van der Waals surface area contributed by atoms with Crippen molar-refractivity contribution in [2.24, 2.45) is 0 Å². The van der Waals surface area contributed by atoms with Crippen molar-refractivity contribution in [1.82, 2.24) is 19.9 Å². The first-order valence-corrected chi connectivity index (χ1v) is 26.3. The third kappa shape index (κ3) is 15.1. The Balaban J connectivity index is 0.000000200. The lowest BCUT2D eigenvalue weighted by atomic mass is 10.1. The number of thiazole rings is 2. The second kappa shape index (κ2) is 26.0. The summed E-state index contributed by atoms with van der Waals surface area (Å²) in [6, 6.07) is 14.0. The van der Waals surface area contributed by atoms with Crippen LogP contribution in [0.4, 0.5) is 77.9 Å². The number of methoxy groups -OCH3 is 3. The van der Waals surface area contributed by atoms with Crippen LogP contribution in [-0.2, 0) is 31.3 Å². The fourth-order valence-electron chi connectivity index (χ4n) is 6.92. The highest BCUT2D eigenvalue weighted by Gasteiger charge is 2.36. The number of rotatable bonds is 13. The van der Waals surface area contributed by atoms with E-state index in [0.29, 0.717) is 39.5 Å². The van der Waals surface area contributed by atoms with E-state index in [1.807, 2.05) is 43.3 Å². The van der Waals surface area contributed by atoms with Crippen LogP contribution in [0.5, 0.6) is 5.75 Å². The van der Waals surface area contributed by atoms with E-state index in [-0.39, 0.29) is 43.7 Å². The van der Waals surface area contributed by atoms with Gasteiger partial charge in [0.05, 0.1) is 75.9 Å². The van der Waals surface area contributed by atoms with E-state index in [4.69, 9.17) is 36.3 Å². The highest BCUT2D eigenvalue weighted by Crippen LogP contribution is 2.41. The second-order valence-electron chi connectivity index (χ2n) is 15.4. The van der Waals surface area contributed by atoms with Crippen molar-refractivity contribution >= 4 is 121 Å². The molecule has 0 spiro atoms. The number of esters is 2. The number of ether oxygens (including phenoxy) is 5. The number of carbonyl (C=O) groups is 2. The number of morpholine rings is 2. The third-order valence-electron chi connectivity index (χ3n) is 10.6. The minimum atomic E-state index is -4.68. The number of thioether (sulfide) groups is 2. The molecule has 2 aliphatic rings. The summed E-state index contributed by atoms with van der Waals surface area (Å²) >= 11 is 10.2. The number of nitrogens with zero attached hydrogens (tertiary/aromatic N) is 6. The number of carbonyl (C=O) groups excluding carboxylic acids is 2. The average molecular weight is 1130 g/mol. The summed E-state index contributed by atoms with van der Waals surface area (Å²) in [5.41, 5.74) is 7.63. The third-order valence-corrected chi connectivity index (χ3v) is 14.9. The van der Waals surface area contributed by atoms with Gasteiger partial charge in [-0.1, -0.05) is 63.9 Å². The molecular weight excluding hydrogens is 1080 g/mol. The molecule has 0 bridgehead atoms.